The summed E-state index contributed by atoms with van der Waals surface area (Å²) in [7, 11) is 1.89. The van der Waals surface area contributed by atoms with E-state index in [1.165, 1.54) is 0 Å². The number of pyridine rings is 1. The van der Waals surface area contributed by atoms with Crippen LogP contribution in [-0.2, 0) is 6.54 Å². The SMILES string of the molecule is CNc1ccncc1NCc1ccc2nccnc2c1. The molecule has 5 nitrogen and oxygen atoms in total. The van der Waals surface area contributed by atoms with Gasteiger partial charge in [-0.1, -0.05) is 6.07 Å². The first-order valence-corrected chi connectivity index (χ1v) is 6.42. The molecule has 3 rings (SSSR count). The Labute approximate surface area is 117 Å². The van der Waals surface area contributed by atoms with Gasteiger partial charge in [0, 0.05) is 32.2 Å². The number of anilines is 2. The Bertz CT molecular complexity index is 726. The van der Waals surface area contributed by atoms with Gasteiger partial charge in [-0.2, -0.15) is 0 Å². The summed E-state index contributed by atoms with van der Waals surface area (Å²) in [6, 6.07) is 8.03. The minimum atomic E-state index is 0.715. The van der Waals surface area contributed by atoms with E-state index in [1.54, 1.807) is 18.6 Å². The van der Waals surface area contributed by atoms with Gasteiger partial charge < -0.3 is 10.6 Å². The number of rotatable bonds is 4. The van der Waals surface area contributed by atoms with Gasteiger partial charge in [0.2, 0.25) is 0 Å². The Morgan fingerprint density at radius 2 is 1.80 bits per heavy atom. The van der Waals surface area contributed by atoms with Crippen molar-refractivity contribution in [3.8, 4) is 0 Å². The maximum atomic E-state index is 4.32. The van der Waals surface area contributed by atoms with Crippen LogP contribution in [0.15, 0.2) is 49.1 Å². The highest BCUT2D eigenvalue weighted by atomic mass is 14.9. The van der Waals surface area contributed by atoms with Crippen molar-refractivity contribution in [3.63, 3.8) is 0 Å². The number of aromatic nitrogens is 3. The average molecular weight is 265 g/mol. The van der Waals surface area contributed by atoms with Crippen LogP contribution >= 0.6 is 0 Å². The number of hydrogen-bond acceptors (Lipinski definition) is 5. The number of nitrogens with one attached hydrogen (secondary N) is 2. The number of nitrogens with zero attached hydrogens (tertiary/aromatic N) is 3. The minimum absolute atomic E-state index is 0.715. The molecule has 0 saturated heterocycles. The predicted molar refractivity (Wildman–Crippen MR) is 80.6 cm³/mol. The maximum absolute atomic E-state index is 4.32. The fourth-order valence-corrected chi connectivity index (χ4v) is 2.07. The van der Waals surface area contributed by atoms with Gasteiger partial charge in [0.1, 0.15) is 0 Å². The first-order valence-electron chi connectivity index (χ1n) is 6.42. The summed E-state index contributed by atoms with van der Waals surface area (Å²) in [5, 5.41) is 6.51. The maximum Gasteiger partial charge on any atom is 0.0890 e. The number of hydrogen-bond donors (Lipinski definition) is 2. The lowest BCUT2D eigenvalue weighted by molar-refractivity contribution is 1.13. The van der Waals surface area contributed by atoms with Crippen LogP contribution in [0.2, 0.25) is 0 Å². The summed E-state index contributed by atoms with van der Waals surface area (Å²) >= 11 is 0. The normalized spacial score (nSPS) is 10.4. The van der Waals surface area contributed by atoms with Crippen LogP contribution in [0.4, 0.5) is 11.4 Å². The molecule has 2 N–H and O–H groups in total. The van der Waals surface area contributed by atoms with Crippen LogP contribution in [0.1, 0.15) is 5.56 Å². The van der Waals surface area contributed by atoms with Gasteiger partial charge in [-0.05, 0) is 23.8 Å². The van der Waals surface area contributed by atoms with Crippen LogP contribution in [0.3, 0.4) is 0 Å². The van der Waals surface area contributed by atoms with Gasteiger partial charge in [-0.15, -0.1) is 0 Å². The second-order valence-corrected chi connectivity index (χ2v) is 4.40. The monoisotopic (exact) mass is 265 g/mol. The van der Waals surface area contributed by atoms with E-state index >= 15 is 0 Å². The fraction of sp³-hybridized carbons (Fsp3) is 0.133. The zero-order chi connectivity index (χ0) is 13.8. The zero-order valence-corrected chi connectivity index (χ0v) is 11.2. The van der Waals surface area contributed by atoms with Gasteiger partial charge in [0.25, 0.3) is 0 Å². The van der Waals surface area contributed by atoms with E-state index in [-0.39, 0.29) is 0 Å². The van der Waals surface area contributed by atoms with E-state index in [1.807, 2.05) is 31.4 Å². The molecule has 3 aromatic rings. The Morgan fingerprint density at radius 1 is 0.950 bits per heavy atom. The average Bonchev–Trinajstić information content (AvgIpc) is 2.53. The Hall–Kier alpha value is -2.69. The molecule has 0 unspecified atom stereocenters. The van der Waals surface area contributed by atoms with Crippen LogP contribution in [0, 0.1) is 0 Å². The van der Waals surface area contributed by atoms with Gasteiger partial charge in [0.15, 0.2) is 0 Å². The number of benzene rings is 1. The van der Waals surface area contributed by atoms with Crippen molar-refractivity contribution in [1.29, 1.82) is 0 Å². The molecule has 2 aromatic heterocycles. The largest absolute Gasteiger partial charge is 0.386 e. The second kappa shape index (κ2) is 5.52. The van der Waals surface area contributed by atoms with Gasteiger partial charge >= 0.3 is 0 Å². The standard InChI is InChI=1S/C15H15N5/c1-16-12-4-5-17-10-15(12)20-9-11-2-3-13-14(8-11)19-7-6-18-13/h2-8,10,20H,9H2,1H3,(H,16,17). The van der Waals surface area contributed by atoms with E-state index in [9.17, 15) is 0 Å². The van der Waals surface area contributed by atoms with E-state index in [0.29, 0.717) is 6.54 Å². The Kier molecular flexibility index (Phi) is 3.41. The van der Waals surface area contributed by atoms with E-state index in [2.05, 4.69) is 31.7 Å². The third-order valence-corrected chi connectivity index (χ3v) is 3.11. The van der Waals surface area contributed by atoms with Crippen molar-refractivity contribution < 1.29 is 0 Å². The molecule has 0 radical (unpaired) electrons. The molecule has 0 aliphatic rings. The van der Waals surface area contributed by atoms with E-state index < -0.39 is 0 Å². The van der Waals surface area contributed by atoms with Crippen molar-refractivity contribution in [2.45, 2.75) is 6.54 Å². The molecule has 0 amide bonds. The summed E-state index contributed by atoms with van der Waals surface area (Å²) in [5.74, 6) is 0. The summed E-state index contributed by atoms with van der Waals surface area (Å²) < 4.78 is 0. The van der Waals surface area contributed by atoms with Crippen LogP contribution in [0.5, 0.6) is 0 Å². The smallest absolute Gasteiger partial charge is 0.0890 e. The van der Waals surface area contributed by atoms with Crippen LogP contribution in [-0.4, -0.2) is 22.0 Å². The summed E-state index contributed by atoms with van der Waals surface area (Å²) in [6.45, 7) is 0.715. The molecule has 0 saturated carbocycles. The number of fused-ring (bicyclic) bond motifs is 1. The highest BCUT2D eigenvalue weighted by molar-refractivity contribution is 5.74. The van der Waals surface area contributed by atoms with E-state index in [0.717, 1.165) is 28.0 Å². The highest BCUT2D eigenvalue weighted by Gasteiger charge is 2.01. The summed E-state index contributed by atoms with van der Waals surface area (Å²) in [5.41, 5.74) is 4.99. The fourth-order valence-electron chi connectivity index (χ4n) is 2.07. The van der Waals surface area contributed by atoms with Crippen molar-refractivity contribution in [3.05, 3.63) is 54.6 Å². The lowest BCUT2D eigenvalue weighted by Crippen LogP contribution is -2.03. The molecule has 1 aromatic carbocycles. The molecule has 20 heavy (non-hydrogen) atoms. The molecule has 0 fully saturated rings. The lowest BCUT2D eigenvalue weighted by atomic mass is 10.2. The first kappa shape index (κ1) is 12.3. The molecule has 0 atom stereocenters. The predicted octanol–water partition coefficient (Wildman–Crippen LogP) is 2.68. The lowest BCUT2D eigenvalue weighted by Gasteiger charge is -2.11. The van der Waals surface area contributed by atoms with Crippen LogP contribution < -0.4 is 10.6 Å². The highest BCUT2D eigenvalue weighted by Crippen LogP contribution is 2.20. The van der Waals surface area contributed by atoms with Gasteiger partial charge in [0.05, 0.1) is 28.6 Å². The van der Waals surface area contributed by atoms with Gasteiger partial charge in [-0.3, -0.25) is 15.0 Å². The molecular formula is C15H15N5. The molecule has 0 aliphatic carbocycles. The third-order valence-electron chi connectivity index (χ3n) is 3.11. The van der Waals surface area contributed by atoms with Crippen molar-refractivity contribution in [2.24, 2.45) is 0 Å². The van der Waals surface area contributed by atoms with Crippen LogP contribution in [0.25, 0.3) is 11.0 Å². The second-order valence-electron chi connectivity index (χ2n) is 4.40. The topological polar surface area (TPSA) is 62.7 Å². The molecule has 0 bridgehead atoms. The Balaban J connectivity index is 1.79. The molecule has 2 heterocycles. The first-order chi connectivity index (χ1) is 9.86. The molecule has 5 heteroatoms. The molecular weight excluding hydrogens is 250 g/mol. The molecule has 100 valence electrons. The van der Waals surface area contributed by atoms with E-state index in [4.69, 9.17) is 0 Å². The van der Waals surface area contributed by atoms with Crippen molar-refractivity contribution in [2.75, 3.05) is 17.7 Å². The zero-order valence-electron chi connectivity index (χ0n) is 11.2. The molecule has 0 aliphatic heterocycles. The minimum Gasteiger partial charge on any atom is -0.386 e. The summed E-state index contributed by atoms with van der Waals surface area (Å²) in [6.07, 6.45) is 6.99. The van der Waals surface area contributed by atoms with Crippen molar-refractivity contribution in [1.82, 2.24) is 15.0 Å². The summed E-state index contributed by atoms with van der Waals surface area (Å²) in [4.78, 5) is 12.7. The van der Waals surface area contributed by atoms with Crippen molar-refractivity contribution >= 4 is 22.4 Å². The van der Waals surface area contributed by atoms with Gasteiger partial charge in [-0.25, -0.2) is 0 Å². The third kappa shape index (κ3) is 2.51. The quantitative estimate of drug-likeness (QED) is 0.759. The molecule has 0 spiro atoms. The Morgan fingerprint density at radius 3 is 2.65 bits per heavy atom.